The highest BCUT2D eigenvalue weighted by Gasteiger charge is 2.12. The molecule has 0 spiro atoms. The molecule has 0 unspecified atom stereocenters. The normalized spacial score (nSPS) is 10.8. The SMILES string of the molecule is Cc1cc(C=CCN)c(N)cc1[N+](=O)[O-]. The highest BCUT2D eigenvalue weighted by molar-refractivity contribution is 5.69. The van der Waals surface area contributed by atoms with Crippen LogP contribution in [-0.4, -0.2) is 11.5 Å². The Balaban J connectivity index is 3.19. The van der Waals surface area contributed by atoms with Gasteiger partial charge >= 0.3 is 0 Å². The van der Waals surface area contributed by atoms with Gasteiger partial charge in [-0.2, -0.15) is 0 Å². The molecule has 1 rings (SSSR count). The fraction of sp³-hybridized carbons (Fsp3) is 0.200. The van der Waals surface area contributed by atoms with Crippen molar-refractivity contribution < 1.29 is 4.92 Å². The fourth-order valence-electron chi connectivity index (χ4n) is 1.27. The lowest BCUT2D eigenvalue weighted by Crippen LogP contribution is -1.97. The fourth-order valence-corrected chi connectivity index (χ4v) is 1.27. The molecule has 0 aliphatic rings. The van der Waals surface area contributed by atoms with Crippen LogP contribution in [0.5, 0.6) is 0 Å². The zero-order valence-electron chi connectivity index (χ0n) is 8.43. The Kier molecular flexibility index (Phi) is 3.41. The minimum atomic E-state index is -0.442. The number of nitro benzene ring substituents is 1. The van der Waals surface area contributed by atoms with E-state index in [1.54, 1.807) is 25.1 Å². The molecule has 1 aromatic carbocycles. The first-order chi connectivity index (χ1) is 7.06. The highest BCUT2D eigenvalue weighted by atomic mass is 16.6. The van der Waals surface area contributed by atoms with Crippen molar-refractivity contribution in [3.8, 4) is 0 Å². The summed E-state index contributed by atoms with van der Waals surface area (Å²) in [5.41, 5.74) is 12.7. The van der Waals surface area contributed by atoms with Crippen LogP contribution in [0.15, 0.2) is 18.2 Å². The van der Waals surface area contributed by atoms with Gasteiger partial charge in [-0.25, -0.2) is 0 Å². The van der Waals surface area contributed by atoms with Gasteiger partial charge in [-0.3, -0.25) is 10.1 Å². The molecule has 0 radical (unpaired) electrons. The van der Waals surface area contributed by atoms with Crippen molar-refractivity contribution in [3.63, 3.8) is 0 Å². The number of nitrogen functional groups attached to an aromatic ring is 1. The summed E-state index contributed by atoms with van der Waals surface area (Å²) < 4.78 is 0. The smallest absolute Gasteiger partial charge is 0.274 e. The van der Waals surface area contributed by atoms with Gasteiger partial charge in [0.25, 0.3) is 5.69 Å². The van der Waals surface area contributed by atoms with Crippen LogP contribution in [0.4, 0.5) is 11.4 Å². The second kappa shape index (κ2) is 4.56. The molecule has 0 atom stereocenters. The van der Waals surface area contributed by atoms with Crippen LogP contribution in [-0.2, 0) is 0 Å². The van der Waals surface area contributed by atoms with Gasteiger partial charge in [-0.1, -0.05) is 12.2 Å². The summed E-state index contributed by atoms with van der Waals surface area (Å²) in [6.07, 6.45) is 3.50. The average molecular weight is 207 g/mol. The van der Waals surface area contributed by atoms with Gasteiger partial charge in [0.15, 0.2) is 0 Å². The lowest BCUT2D eigenvalue weighted by Gasteiger charge is -2.03. The molecule has 0 aliphatic carbocycles. The van der Waals surface area contributed by atoms with E-state index in [1.165, 1.54) is 6.07 Å². The summed E-state index contributed by atoms with van der Waals surface area (Å²) in [5, 5.41) is 10.6. The van der Waals surface area contributed by atoms with Gasteiger partial charge in [-0.05, 0) is 18.6 Å². The van der Waals surface area contributed by atoms with Gasteiger partial charge in [0, 0.05) is 23.9 Å². The van der Waals surface area contributed by atoms with Crippen molar-refractivity contribution in [1.29, 1.82) is 0 Å². The third kappa shape index (κ3) is 2.54. The standard InChI is InChI=1S/C10H13N3O2/c1-7-5-8(3-2-4-11)9(12)6-10(7)13(14)15/h2-3,5-6H,4,11-12H2,1H3. The zero-order valence-corrected chi connectivity index (χ0v) is 8.43. The largest absolute Gasteiger partial charge is 0.398 e. The van der Waals surface area contributed by atoms with Crippen LogP contribution in [0, 0.1) is 17.0 Å². The monoisotopic (exact) mass is 207 g/mol. The number of rotatable bonds is 3. The second-order valence-corrected chi connectivity index (χ2v) is 3.16. The highest BCUT2D eigenvalue weighted by Crippen LogP contribution is 2.25. The minimum absolute atomic E-state index is 0.0393. The van der Waals surface area contributed by atoms with Crippen molar-refractivity contribution in [3.05, 3.63) is 39.4 Å². The van der Waals surface area contributed by atoms with Crippen molar-refractivity contribution in [2.24, 2.45) is 5.73 Å². The Labute approximate surface area is 87.5 Å². The van der Waals surface area contributed by atoms with Gasteiger partial charge in [0.05, 0.1) is 4.92 Å². The van der Waals surface area contributed by atoms with E-state index < -0.39 is 4.92 Å². The van der Waals surface area contributed by atoms with Crippen molar-refractivity contribution >= 4 is 17.5 Å². The number of nitrogens with zero attached hydrogens (tertiary/aromatic N) is 1. The van der Waals surface area contributed by atoms with Gasteiger partial charge in [0.1, 0.15) is 0 Å². The third-order valence-electron chi connectivity index (χ3n) is 2.03. The van der Waals surface area contributed by atoms with Crippen molar-refractivity contribution in [2.75, 3.05) is 12.3 Å². The van der Waals surface area contributed by atoms with Crippen LogP contribution in [0.2, 0.25) is 0 Å². The topological polar surface area (TPSA) is 95.2 Å². The molecule has 4 N–H and O–H groups in total. The first-order valence-corrected chi connectivity index (χ1v) is 4.47. The van der Waals surface area contributed by atoms with Crippen LogP contribution in [0.3, 0.4) is 0 Å². The number of benzene rings is 1. The molecule has 0 bridgehead atoms. The maximum absolute atomic E-state index is 10.6. The van der Waals surface area contributed by atoms with Crippen LogP contribution >= 0.6 is 0 Å². The average Bonchev–Trinajstić information content (AvgIpc) is 2.18. The van der Waals surface area contributed by atoms with Gasteiger partial charge in [-0.15, -0.1) is 0 Å². The molecule has 15 heavy (non-hydrogen) atoms. The molecule has 0 aromatic heterocycles. The number of hydrogen-bond acceptors (Lipinski definition) is 4. The zero-order chi connectivity index (χ0) is 11.4. The van der Waals surface area contributed by atoms with Crippen LogP contribution in [0.25, 0.3) is 6.08 Å². The van der Waals surface area contributed by atoms with E-state index in [1.807, 2.05) is 0 Å². The van der Waals surface area contributed by atoms with Gasteiger partial charge < -0.3 is 11.5 Å². The molecular formula is C10H13N3O2. The van der Waals surface area contributed by atoms with Crippen LogP contribution < -0.4 is 11.5 Å². The Hall–Kier alpha value is -1.88. The molecular weight excluding hydrogens is 194 g/mol. The summed E-state index contributed by atoms with van der Waals surface area (Å²) in [4.78, 5) is 10.2. The van der Waals surface area contributed by atoms with Crippen LogP contribution in [0.1, 0.15) is 11.1 Å². The molecule has 1 aromatic rings. The molecule has 5 nitrogen and oxygen atoms in total. The molecule has 0 amide bonds. The molecule has 0 heterocycles. The molecule has 5 heteroatoms. The molecule has 0 saturated heterocycles. The molecule has 80 valence electrons. The lowest BCUT2D eigenvalue weighted by molar-refractivity contribution is -0.385. The Morgan fingerprint density at radius 2 is 2.20 bits per heavy atom. The third-order valence-corrected chi connectivity index (χ3v) is 2.03. The first-order valence-electron chi connectivity index (χ1n) is 4.47. The summed E-state index contributed by atoms with van der Waals surface area (Å²) >= 11 is 0. The quantitative estimate of drug-likeness (QED) is 0.445. The van der Waals surface area contributed by atoms with E-state index in [9.17, 15) is 10.1 Å². The summed E-state index contributed by atoms with van der Waals surface area (Å²) in [6, 6.07) is 3.05. The summed E-state index contributed by atoms with van der Waals surface area (Å²) in [6.45, 7) is 2.09. The van der Waals surface area contributed by atoms with Crippen molar-refractivity contribution in [1.82, 2.24) is 0 Å². The molecule has 0 saturated carbocycles. The Morgan fingerprint density at radius 3 is 2.73 bits per heavy atom. The van der Waals surface area contributed by atoms with Crippen molar-refractivity contribution in [2.45, 2.75) is 6.92 Å². The second-order valence-electron chi connectivity index (χ2n) is 3.16. The minimum Gasteiger partial charge on any atom is -0.398 e. The number of nitro groups is 1. The first kappa shape index (κ1) is 11.2. The maximum Gasteiger partial charge on any atom is 0.274 e. The Bertz CT molecular complexity index is 413. The molecule has 0 fully saturated rings. The summed E-state index contributed by atoms with van der Waals surface area (Å²) in [5.74, 6) is 0. The van der Waals surface area contributed by atoms with E-state index in [-0.39, 0.29) is 5.69 Å². The number of nitrogens with two attached hydrogens (primary N) is 2. The number of hydrogen-bond donors (Lipinski definition) is 2. The predicted octanol–water partition coefficient (Wildman–Crippen LogP) is 1.46. The van der Waals surface area contributed by atoms with Gasteiger partial charge in [0.2, 0.25) is 0 Å². The van der Waals surface area contributed by atoms with E-state index >= 15 is 0 Å². The maximum atomic E-state index is 10.6. The van der Waals surface area contributed by atoms with E-state index in [0.717, 1.165) is 5.56 Å². The summed E-state index contributed by atoms with van der Waals surface area (Å²) in [7, 11) is 0. The predicted molar refractivity (Wildman–Crippen MR) is 60.3 cm³/mol. The number of anilines is 1. The number of aryl methyl sites for hydroxylation is 1. The van der Waals surface area contributed by atoms with E-state index in [0.29, 0.717) is 17.8 Å². The van der Waals surface area contributed by atoms with E-state index in [2.05, 4.69) is 0 Å². The molecule has 0 aliphatic heterocycles. The lowest BCUT2D eigenvalue weighted by atomic mass is 10.1. The Morgan fingerprint density at radius 1 is 1.53 bits per heavy atom. The van der Waals surface area contributed by atoms with E-state index in [4.69, 9.17) is 11.5 Å².